The zero-order valence-electron chi connectivity index (χ0n) is 10.1. The second-order valence-corrected chi connectivity index (χ2v) is 4.37. The molecule has 0 aliphatic carbocycles. The number of nitrogens with zero attached hydrogens (tertiary/aromatic N) is 4. The second kappa shape index (κ2) is 4.75. The van der Waals surface area contributed by atoms with E-state index in [4.69, 9.17) is 0 Å². The van der Waals surface area contributed by atoms with E-state index in [0.29, 0.717) is 0 Å². The number of carbonyl (C=O) groups excluding carboxylic acids is 1. The van der Waals surface area contributed by atoms with E-state index in [9.17, 15) is 9.18 Å². The molecule has 1 amide bonds. The SMILES string of the molecule is O=C(NC1CCCn2ncnc21)c1ccc(F)cn1. The fourth-order valence-electron chi connectivity index (χ4n) is 2.17. The van der Waals surface area contributed by atoms with Crippen LogP contribution in [0.15, 0.2) is 24.7 Å². The zero-order chi connectivity index (χ0) is 13.2. The van der Waals surface area contributed by atoms with Gasteiger partial charge in [-0.2, -0.15) is 5.10 Å². The van der Waals surface area contributed by atoms with Crippen LogP contribution in [0.2, 0.25) is 0 Å². The summed E-state index contributed by atoms with van der Waals surface area (Å²) in [7, 11) is 0. The minimum Gasteiger partial charge on any atom is -0.341 e. The molecule has 0 aromatic carbocycles. The van der Waals surface area contributed by atoms with Crippen LogP contribution in [0.25, 0.3) is 0 Å². The summed E-state index contributed by atoms with van der Waals surface area (Å²) >= 11 is 0. The third kappa shape index (κ3) is 2.31. The van der Waals surface area contributed by atoms with Gasteiger partial charge in [0, 0.05) is 6.54 Å². The van der Waals surface area contributed by atoms with E-state index < -0.39 is 5.82 Å². The first kappa shape index (κ1) is 11.8. The van der Waals surface area contributed by atoms with E-state index in [1.165, 1.54) is 18.5 Å². The Morgan fingerprint density at radius 3 is 3.11 bits per heavy atom. The fourth-order valence-corrected chi connectivity index (χ4v) is 2.17. The summed E-state index contributed by atoms with van der Waals surface area (Å²) < 4.78 is 14.5. The van der Waals surface area contributed by atoms with Crippen LogP contribution in [0.1, 0.15) is 35.2 Å². The highest BCUT2D eigenvalue weighted by Crippen LogP contribution is 2.22. The normalized spacial score (nSPS) is 17.8. The van der Waals surface area contributed by atoms with Gasteiger partial charge >= 0.3 is 0 Å². The Morgan fingerprint density at radius 1 is 1.42 bits per heavy atom. The first-order chi connectivity index (χ1) is 9.24. The molecule has 1 aliphatic rings. The lowest BCUT2D eigenvalue weighted by Gasteiger charge is -2.22. The van der Waals surface area contributed by atoms with E-state index in [2.05, 4.69) is 20.4 Å². The van der Waals surface area contributed by atoms with E-state index in [1.54, 1.807) is 4.68 Å². The van der Waals surface area contributed by atoms with Crippen molar-refractivity contribution in [1.82, 2.24) is 25.1 Å². The maximum atomic E-state index is 12.7. The molecule has 0 radical (unpaired) electrons. The van der Waals surface area contributed by atoms with Crippen LogP contribution in [-0.4, -0.2) is 25.7 Å². The molecule has 2 aromatic rings. The van der Waals surface area contributed by atoms with Crippen LogP contribution in [0.4, 0.5) is 4.39 Å². The molecule has 0 saturated heterocycles. The lowest BCUT2D eigenvalue weighted by Crippen LogP contribution is -2.33. The molecule has 2 aromatic heterocycles. The van der Waals surface area contributed by atoms with Gasteiger partial charge in [0.25, 0.3) is 5.91 Å². The quantitative estimate of drug-likeness (QED) is 0.877. The molecule has 1 aliphatic heterocycles. The number of hydrogen-bond donors (Lipinski definition) is 1. The van der Waals surface area contributed by atoms with Crippen LogP contribution in [0, 0.1) is 5.82 Å². The van der Waals surface area contributed by atoms with Crippen LogP contribution in [-0.2, 0) is 6.54 Å². The van der Waals surface area contributed by atoms with Crippen molar-refractivity contribution in [2.75, 3.05) is 0 Å². The smallest absolute Gasteiger partial charge is 0.270 e. The Kier molecular flexibility index (Phi) is 2.94. The molecular weight excluding hydrogens is 249 g/mol. The molecule has 3 heterocycles. The first-order valence-corrected chi connectivity index (χ1v) is 6.04. The number of fused-ring (bicyclic) bond motifs is 1. The Labute approximate surface area is 108 Å². The number of nitrogens with one attached hydrogen (secondary N) is 1. The Bertz CT molecular complexity index is 594. The van der Waals surface area contributed by atoms with E-state index >= 15 is 0 Å². The van der Waals surface area contributed by atoms with Crippen LogP contribution in [0.5, 0.6) is 0 Å². The van der Waals surface area contributed by atoms with Crippen molar-refractivity contribution in [2.24, 2.45) is 0 Å². The topological polar surface area (TPSA) is 72.7 Å². The largest absolute Gasteiger partial charge is 0.341 e. The number of halogens is 1. The van der Waals surface area contributed by atoms with Crippen molar-refractivity contribution in [1.29, 1.82) is 0 Å². The molecule has 0 spiro atoms. The molecule has 98 valence electrons. The maximum Gasteiger partial charge on any atom is 0.270 e. The van der Waals surface area contributed by atoms with Gasteiger partial charge < -0.3 is 5.32 Å². The highest BCUT2D eigenvalue weighted by atomic mass is 19.1. The minimum atomic E-state index is -0.464. The van der Waals surface area contributed by atoms with E-state index in [0.717, 1.165) is 31.4 Å². The van der Waals surface area contributed by atoms with Crippen LogP contribution < -0.4 is 5.32 Å². The molecule has 19 heavy (non-hydrogen) atoms. The van der Waals surface area contributed by atoms with Crippen LogP contribution in [0.3, 0.4) is 0 Å². The predicted molar refractivity (Wildman–Crippen MR) is 63.7 cm³/mol. The molecule has 0 fully saturated rings. The second-order valence-electron chi connectivity index (χ2n) is 4.37. The summed E-state index contributed by atoms with van der Waals surface area (Å²) in [5.74, 6) is -0.0443. The predicted octanol–water partition coefficient (Wildman–Crippen LogP) is 1.08. The van der Waals surface area contributed by atoms with Gasteiger partial charge in [0.2, 0.25) is 0 Å². The number of aryl methyl sites for hydroxylation is 1. The monoisotopic (exact) mass is 261 g/mol. The molecule has 1 atom stereocenters. The average Bonchev–Trinajstić information content (AvgIpc) is 2.89. The third-order valence-electron chi connectivity index (χ3n) is 3.09. The molecule has 7 heteroatoms. The van der Waals surface area contributed by atoms with Crippen molar-refractivity contribution in [3.05, 3.63) is 42.0 Å². The number of hydrogen-bond acceptors (Lipinski definition) is 4. The zero-order valence-corrected chi connectivity index (χ0v) is 10.1. The number of amides is 1. The summed E-state index contributed by atoms with van der Waals surface area (Å²) in [6.45, 7) is 0.816. The highest BCUT2D eigenvalue weighted by molar-refractivity contribution is 5.92. The number of pyridine rings is 1. The van der Waals surface area contributed by atoms with Crippen LogP contribution >= 0.6 is 0 Å². The molecule has 0 bridgehead atoms. The van der Waals surface area contributed by atoms with Gasteiger partial charge in [0.15, 0.2) is 0 Å². The van der Waals surface area contributed by atoms with Gasteiger partial charge in [-0.25, -0.2) is 19.0 Å². The molecule has 1 N–H and O–H groups in total. The molecule has 1 unspecified atom stereocenters. The maximum absolute atomic E-state index is 12.7. The van der Waals surface area contributed by atoms with Gasteiger partial charge in [0.05, 0.1) is 12.2 Å². The Balaban J connectivity index is 1.76. The van der Waals surface area contributed by atoms with Crippen molar-refractivity contribution >= 4 is 5.91 Å². The van der Waals surface area contributed by atoms with Crippen molar-refractivity contribution in [3.8, 4) is 0 Å². The molecule has 6 nitrogen and oxygen atoms in total. The Hall–Kier alpha value is -2.31. The summed E-state index contributed by atoms with van der Waals surface area (Å²) in [4.78, 5) is 19.9. The van der Waals surface area contributed by atoms with Crippen molar-refractivity contribution in [3.63, 3.8) is 0 Å². The lowest BCUT2D eigenvalue weighted by atomic mass is 10.1. The summed E-state index contributed by atoms with van der Waals surface area (Å²) in [5, 5.41) is 6.94. The number of rotatable bonds is 2. The standard InChI is InChI=1S/C12H12FN5O/c13-8-3-4-10(14-6-8)12(19)17-9-2-1-5-18-11(9)15-7-16-18/h3-4,6-7,9H,1-2,5H2,(H,17,19). The van der Waals surface area contributed by atoms with Gasteiger partial charge in [-0.05, 0) is 25.0 Å². The Morgan fingerprint density at radius 2 is 2.32 bits per heavy atom. The van der Waals surface area contributed by atoms with Crippen molar-refractivity contribution < 1.29 is 9.18 Å². The van der Waals surface area contributed by atoms with Crippen molar-refractivity contribution in [2.45, 2.75) is 25.4 Å². The summed E-state index contributed by atoms with van der Waals surface area (Å²) in [6, 6.07) is 2.40. The minimum absolute atomic E-state index is 0.171. The number of carbonyl (C=O) groups is 1. The van der Waals surface area contributed by atoms with E-state index in [-0.39, 0.29) is 17.6 Å². The average molecular weight is 261 g/mol. The third-order valence-corrected chi connectivity index (χ3v) is 3.09. The lowest BCUT2D eigenvalue weighted by molar-refractivity contribution is 0.0922. The summed E-state index contributed by atoms with van der Waals surface area (Å²) in [6.07, 6.45) is 4.25. The van der Waals surface area contributed by atoms with Gasteiger partial charge in [-0.1, -0.05) is 0 Å². The van der Waals surface area contributed by atoms with Gasteiger partial charge in [-0.15, -0.1) is 0 Å². The van der Waals surface area contributed by atoms with E-state index in [1.807, 2.05) is 0 Å². The molecular formula is C12H12FN5O. The molecule has 0 saturated carbocycles. The first-order valence-electron chi connectivity index (χ1n) is 6.04. The van der Waals surface area contributed by atoms with Gasteiger partial charge in [-0.3, -0.25) is 4.79 Å². The highest BCUT2D eigenvalue weighted by Gasteiger charge is 2.24. The molecule has 3 rings (SSSR count). The number of aromatic nitrogens is 4. The fraction of sp³-hybridized carbons (Fsp3) is 0.333. The summed E-state index contributed by atoms with van der Waals surface area (Å²) in [5.41, 5.74) is 0.193. The van der Waals surface area contributed by atoms with Gasteiger partial charge in [0.1, 0.15) is 23.7 Å².